The molecular formula is C19H19FN4O4. The molecule has 28 heavy (non-hydrogen) atoms. The van der Waals surface area contributed by atoms with Crippen LogP contribution in [0.25, 0.3) is 11.3 Å². The topological polar surface area (TPSA) is 84.7 Å². The summed E-state index contributed by atoms with van der Waals surface area (Å²) in [5.41, 5.74) is 1.36. The number of hydrogen-bond donors (Lipinski definition) is 0. The number of nitrogens with zero attached hydrogens (tertiary/aromatic N) is 4. The zero-order valence-electron chi connectivity index (χ0n) is 15.5. The summed E-state index contributed by atoms with van der Waals surface area (Å²) < 4.78 is 19.5. The fourth-order valence-electron chi connectivity index (χ4n) is 3.84. The molecule has 0 N–H and O–H groups in total. The van der Waals surface area contributed by atoms with Gasteiger partial charge in [-0.3, -0.25) is 14.3 Å². The number of fused-ring (bicyclic) bond motifs is 1. The van der Waals surface area contributed by atoms with E-state index in [-0.39, 0.29) is 24.0 Å². The number of imide groups is 1. The number of amides is 3. The van der Waals surface area contributed by atoms with Gasteiger partial charge in [0.15, 0.2) is 5.82 Å². The number of esters is 1. The highest BCUT2D eigenvalue weighted by atomic mass is 19.1. The summed E-state index contributed by atoms with van der Waals surface area (Å²) >= 11 is 0. The van der Waals surface area contributed by atoms with Gasteiger partial charge in [-0.15, -0.1) is 0 Å². The van der Waals surface area contributed by atoms with Gasteiger partial charge in [0.05, 0.1) is 18.7 Å². The van der Waals surface area contributed by atoms with Crippen molar-refractivity contribution in [3.63, 3.8) is 0 Å². The summed E-state index contributed by atoms with van der Waals surface area (Å²) in [7, 11) is 3.00. The largest absolute Gasteiger partial charge is 0.469 e. The zero-order chi connectivity index (χ0) is 20.0. The molecule has 2 atom stereocenters. The van der Waals surface area contributed by atoms with E-state index in [9.17, 15) is 18.8 Å². The van der Waals surface area contributed by atoms with Crippen molar-refractivity contribution in [2.45, 2.75) is 18.9 Å². The van der Waals surface area contributed by atoms with Crippen LogP contribution in [0.4, 0.5) is 15.0 Å². The molecule has 3 heterocycles. The molecule has 4 rings (SSSR count). The molecular weight excluding hydrogens is 367 g/mol. The third-order valence-electron chi connectivity index (χ3n) is 5.32. The quantitative estimate of drug-likeness (QED) is 0.595. The Kier molecular flexibility index (Phi) is 4.37. The van der Waals surface area contributed by atoms with Crippen LogP contribution in [0.1, 0.15) is 12.8 Å². The van der Waals surface area contributed by atoms with Crippen molar-refractivity contribution in [2.24, 2.45) is 13.0 Å². The number of ether oxygens (including phenoxy) is 1. The van der Waals surface area contributed by atoms with Gasteiger partial charge in [0.2, 0.25) is 0 Å². The van der Waals surface area contributed by atoms with Crippen LogP contribution in [0.5, 0.6) is 0 Å². The van der Waals surface area contributed by atoms with Crippen molar-refractivity contribution >= 4 is 23.7 Å². The molecule has 3 amide bonds. The molecule has 0 radical (unpaired) electrons. The van der Waals surface area contributed by atoms with E-state index < -0.39 is 23.9 Å². The second-order valence-corrected chi connectivity index (χ2v) is 6.93. The van der Waals surface area contributed by atoms with Gasteiger partial charge < -0.3 is 9.64 Å². The Labute approximate surface area is 160 Å². The highest BCUT2D eigenvalue weighted by Gasteiger charge is 2.50. The lowest BCUT2D eigenvalue weighted by Gasteiger charge is -2.30. The van der Waals surface area contributed by atoms with Gasteiger partial charge in [-0.1, -0.05) is 0 Å². The van der Waals surface area contributed by atoms with Crippen LogP contribution >= 0.6 is 0 Å². The third kappa shape index (κ3) is 2.83. The number of carbonyl (C=O) groups excluding carboxylic acids is 3. The van der Waals surface area contributed by atoms with E-state index in [1.807, 2.05) is 0 Å². The minimum atomic E-state index is -0.693. The molecule has 0 spiro atoms. The number of hydrogen-bond acceptors (Lipinski definition) is 5. The lowest BCUT2D eigenvalue weighted by molar-refractivity contribution is -0.147. The van der Waals surface area contributed by atoms with Crippen LogP contribution in [0.3, 0.4) is 0 Å². The van der Waals surface area contributed by atoms with Gasteiger partial charge >= 0.3 is 12.0 Å². The molecule has 1 aromatic heterocycles. The maximum absolute atomic E-state index is 13.2. The molecule has 0 aliphatic carbocycles. The van der Waals surface area contributed by atoms with Gasteiger partial charge in [0.1, 0.15) is 11.9 Å². The van der Waals surface area contributed by atoms with E-state index in [2.05, 4.69) is 5.10 Å². The Morgan fingerprint density at radius 2 is 1.96 bits per heavy atom. The maximum atomic E-state index is 13.2. The molecule has 2 aromatic rings. The second kappa shape index (κ2) is 6.74. The molecule has 2 unspecified atom stereocenters. The average molecular weight is 386 g/mol. The lowest BCUT2D eigenvalue weighted by atomic mass is 9.91. The Bertz CT molecular complexity index is 955. The van der Waals surface area contributed by atoms with Gasteiger partial charge in [0, 0.05) is 25.2 Å². The summed E-state index contributed by atoms with van der Waals surface area (Å²) in [6, 6.07) is 6.37. The number of aromatic nitrogens is 2. The first-order valence-electron chi connectivity index (χ1n) is 8.93. The number of halogens is 1. The fourth-order valence-corrected chi connectivity index (χ4v) is 3.84. The molecule has 0 saturated carbocycles. The van der Waals surface area contributed by atoms with E-state index in [0.29, 0.717) is 24.2 Å². The molecule has 2 saturated heterocycles. The van der Waals surface area contributed by atoms with Gasteiger partial charge in [0.25, 0.3) is 5.91 Å². The van der Waals surface area contributed by atoms with Crippen LogP contribution in [0, 0.1) is 11.7 Å². The summed E-state index contributed by atoms with van der Waals surface area (Å²) in [4.78, 5) is 40.1. The first-order valence-corrected chi connectivity index (χ1v) is 8.93. The molecule has 146 valence electrons. The average Bonchev–Trinajstić information content (AvgIpc) is 3.19. The first-order chi connectivity index (χ1) is 13.4. The molecule has 2 fully saturated rings. The van der Waals surface area contributed by atoms with Crippen LogP contribution in [0.15, 0.2) is 30.3 Å². The molecule has 9 heteroatoms. The number of urea groups is 1. The minimum absolute atomic E-state index is 0.209. The van der Waals surface area contributed by atoms with Crippen molar-refractivity contribution in [1.29, 1.82) is 0 Å². The Morgan fingerprint density at radius 3 is 2.64 bits per heavy atom. The SMILES string of the molecule is COC(=O)C1CCN2C(=O)N(c3cc(-c4ccc(F)cc4)n(C)n3)C(=O)C2C1. The van der Waals surface area contributed by atoms with Gasteiger partial charge in [-0.05, 0) is 37.1 Å². The molecule has 2 aliphatic rings. The van der Waals surface area contributed by atoms with Crippen molar-refractivity contribution in [3.05, 3.63) is 36.1 Å². The Balaban J connectivity index is 1.63. The van der Waals surface area contributed by atoms with Crippen molar-refractivity contribution in [2.75, 3.05) is 18.6 Å². The lowest BCUT2D eigenvalue weighted by Crippen LogP contribution is -2.44. The minimum Gasteiger partial charge on any atom is -0.469 e. The smallest absolute Gasteiger partial charge is 0.333 e. The Morgan fingerprint density at radius 1 is 1.25 bits per heavy atom. The highest BCUT2D eigenvalue weighted by molar-refractivity contribution is 6.21. The molecule has 8 nitrogen and oxygen atoms in total. The second-order valence-electron chi connectivity index (χ2n) is 6.93. The van der Waals surface area contributed by atoms with Crippen LogP contribution in [-0.4, -0.2) is 52.3 Å². The van der Waals surface area contributed by atoms with E-state index in [1.54, 1.807) is 25.2 Å². The monoisotopic (exact) mass is 386 g/mol. The third-order valence-corrected chi connectivity index (χ3v) is 5.32. The molecule has 0 bridgehead atoms. The van der Waals surface area contributed by atoms with Crippen molar-refractivity contribution < 1.29 is 23.5 Å². The normalized spacial score (nSPS) is 21.8. The summed E-state index contributed by atoms with van der Waals surface area (Å²) in [6.07, 6.45) is 0.699. The van der Waals surface area contributed by atoms with Crippen LogP contribution in [-0.2, 0) is 21.4 Å². The maximum Gasteiger partial charge on any atom is 0.333 e. The predicted octanol–water partition coefficient (Wildman–Crippen LogP) is 1.95. The Hall–Kier alpha value is -3.23. The number of methoxy groups -OCH3 is 1. The van der Waals surface area contributed by atoms with Crippen molar-refractivity contribution in [3.8, 4) is 11.3 Å². The predicted molar refractivity (Wildman–Crippen MR) is 96.7 cm³/mol. The van der Waals surface area contributed by atoms with E-state index in [1.165, 1.54) is 28.8 Å². The summed E-state index contributed by atoms with van der Waals surface area (Å²) in [5, 5.41) is 4.31. The first kappa shape index (κ1) is 18.1. The number of benzene rings is 1. The van der Waals surface area contributed by atoms with E-state index in [4.69, 9.17) is 4.74 Å². The van der Waals surface area contributed by atoms with Crippen molar-refractivity contribution in [1.82, 2.24) is 14.7 Å². The highest BCUT2D eigenvalue weighted by Crippen LogP contribution is 2.34. The summed E-state index contributed by atoms with van der Waals surface area (Å²) in [6.45, 7) is 0.309. The number of anilines is 1. The number of rotatable bonds is 3. The number of piperidine rings is 1. The standard InChI is InChI=1S/C19H19FN4O4/c1-22-14(11-3-5-13(20)6-4-11)10-16(21-22)24-17(25)15-9-12(18(26)28-2)7-8-23(15)19(24)27/h3-6,10,12,15H,7-9H2,1-2H3. The molecule has 1 aromatic carbocycles. The summed E-state index contributed by atoms with van der Waals surface area (Å²) in [5.74, 6) is -1.31. The van der Waals surface area contributed by atoms with E-state index >= 15 is 0 Å². The number of carbonyl (C=O) groups is 3. The van der Waals surface area contributed by atoms with Crippen LogP contribution < -0.4 is 4.90 Å². The zero-order valence-corrected chi connectivity index (χ0v) is 15.5. The molecule has 2 aliphatic heterocycles. The van der Waals surface area contributed by atoms with Gasteiger partial charge in [-0.2, -0.15) is 5.10 Å². The fraction of sp³-hybridized carbons (Fsp3) is 0.368. The van der Waals surface area contributed by atoms with Crippen LogP contribution in [0.2, 0.25) is 0 Å². The van der Waals surface area contributed by atoms with Gasteiger partial charge in [-0.25, -0.2) is 14.1 Å². The number of aryl methyl sites for hydroxylation is 1. The van der Waals surface area contributed by atoms with E-state index in [0.717, 1.165) is 4.90 Å².